The van der Waals surface area contributed by atoms with Gasteiger partial charge in [-0.2, -0.15) is 0 Å². The molecule has 34 heavy (non-hydrogen) atoms. The van der Waals surface area contributed by atoms with Gasteiger partial charge >= 0.3 is 12.1 Å². The monoisotopic (exact) mass is 467 g/mol. The molecule has 1 atom stereocenters. The maximum atomic E-state index is 12.4. The second-order valence-electron chi connectivity index (χ2n) is 9.11. The van der Waals surface area contributed by atoms with E-state index >= 15 is 0 Å². The van der Waals surface area contributed by atoms with Crippen molar-refractivity contribution in [2.75, 3.05) is 20.2 Å². The van der Waals surface area contributed by atoms with Crippen LogP contribution in [0.3, 0.4) is 0 Å². The van der Waals surface area contributed by atoms with E-state index in [9.17, 15) is 19.7 Å². The number of aliphatic imine (C=N–C) groups is 1. The van der Waals surface area contributed by atoms with Gasteiger partial charge in [-0.1, -0.05) is 18.2 Å². The third kappa shape index (κ3) is 6.18. The van der Waals surface area contributed by atoms with Gasteiger partial charge in [0.2, 0.25) is 0 Å². The molecule has 0 aliphatic carbocycles. The average molecular weight is 468 g/mol. The molecule has 0 spiro atoms. The molecule has 1 aliphatic heterocycles. The van der Waals surface area contributed by atoms with E-state index in [1.807, 2.05) is 45.0 Å². The summed E-state index contributed by atoms with van der Waals surface area (Å²) in [4.78, 5) is 41.3. The molecule has 180 valence electrons. The van der Waals surface area contributed by atoms with Gasteiger partial charge in [0, 0.05) is 25.2 Å². The number of para-hydroxylation sites is 1. The first-order valence-corrected chi connectivity index (χ1v) is 11.1. The number of hydrogen-bond acceptors (Lipinski definition) is 7. The number of nitrogens with zero attached hydrogens (tertiary/aromatic N) is 3. The fourth-order valence-corrected chi connectivity index (χ4v) is 3.86. The van der Waals surface area contributed by atoms with E-state index in [1.165, 1.54) is 25.5 Å². The van der Waals surface area contributed by atoms with E-state index < -0.39 is 16.5 Å². The van der Waals surface area contributed by atoms with Gasteiger partial charge in [-0.3, -0.25) is 15.1 Å². The highest BCUT2D eigenvalue weighted by atomic mass is 16.6. The van der Waals surface area contributed by atoms with Crippen molar-refractivity contribution in [1.82, 2.24) is 4.90 Å². The first kappa shape index (κ1) is 24.9. The molecule has 1 fully saturated rings. The summed E-state index contributed by atoms with van der Waals surface area (Å²) in [7, 11) is 1.17. The minimum absolute atomic E-state index is 0.126. The lowest BCUT2D eigenvalue weighted by Crippen LogP contribution is -2.42. The molecular weight excluding hydrogens is 438 g/mol. The van der Waals surface area contributed by atoms with E-state index in [1.54, 1.807) is 11.0 Å². The van der Waals surface area contributed by atoms with Crippen LogP contribution in [0.25, 0.3) is 0 Å². The molecule has 1 aliphatic rings. The molecule has 0 saturated carbocycles. The number of hydrogen-bond donors (Lipinski definition) is 0. The summed E-state index contributed by atoms with van der Waals surface area (Å²) in [5.74, 6) is -0.587. The highest BCUT2D eigenvalue weighted by Crippen LogP contribution is 2.30. The van der Waals surface area contributed by atoms with Crippen LogP contribution in [0.1, 0.15) is 61.0 Å². The van der Waals surface area contributed by atoms with Crippen LogP contribution in [-0.2, 0) is 9.47 Å². The van der Waals surface area contributed by atoms with Gasteiger partial charge in [0.05, 0.1) is 23.3 Å². The van der Waals surface area contributed by atoms with Crippen molar-refractivity contribution >= 4 is 29.7 Å². The van der Waals surface area contributed by atoms with Gasteiger partial charge in [0.25, 0.3) is 5.69 Å². The SMILES string of the molecule is COC(=O)c1cccc(C=Nc2ccc(C3CCCN(C(=O)OC(C)(C)C)C3)cc2)c1[N+](=O)[O-]. The van der Waals surface area contributed by atoms with Crippen LogP contribution >= 0.6 is 0 Å². The van der Waals surface area contributed by atoms with Crippen LogP contribution in [-0.4, -0.2) is 53.9 Å². The molecule has 0 N–H and O–H groups in total. The fourth-order valence-electron chi connectivity index (χ4n) is 3.86. The lowest BCUT2D eigenvalue weighted by Gasteiger charge is -2.34. The minimum Gasteiger partial charge on any atom is -0.465 e. The number of nitro groups is 1. The summed E-state index contributed by atoms with van der Waals surface area (Å²) >= 11 is 0. The topological polar surface area (TPSA) is 111 Å². The molecule has 2 aromatic carbocycles. The van der Waals surface area contributed by atoms with Crippen molar-refractivity contribution in [1.29, 1.82) is 0 Å². The Bertz CT molecular complexity index is 1090. The molecule has 9 heteroatoms. The Balaban J connectivity index is 1.74. The number of carbonyl (C=O) groups excluding carboxylic acids is 2. The van der Waals surface area contributed by atoms with E-state index in [0.717, 1.165) is 18.4 Å². The Morgan fingerprint density at radius 3 is 2.50 bits per heavy atom. The number of amides is 1. The van der Waals surface area contributed by atoms with E-state index in [2.05, 4.69) is 9.73 Å². The maximum Gasteiger partial charge on any atom is 0.410 e. The maximum absolute atomic E-state index is 12.4. The van der Waals surface area contributed by atoms with Crippen LogP contribution in [0.2, 0.25) is 0 Å². The first-order chi connectivity index (χ1) is 16.1. The highest BCUT2D eigenvalue weighted by molar-refractivity contribution is 5.99. The van der Waals surface area contributed by atoms with Crippen molar-refractivity contribution in [3.63, 3.8) is 0 Å². The van der Waals surface area contributed by atoms with Crippen LogP contribution in [0.4, 0.5) is 16.2 Å². The summed E-state index contributed by atoms with van der Waals surface area (Å²) < 4.78 is 10.1. The van der Waals surface area contributed by atoms with E-state index in [4.69, 9.17) is 4.74 Å². The fraction of sp³-hybridized carbons (Fsp3) is 0.400. The average Bonchev–Trinajstić information content (AvgIpc) is 2.81. The Morgan fingerprint density at radius 2 is 1.88 bits per heavy atom. The van der Waals surface area contributed by atoms with Gasteiger partial charge < -0.3 is 14.4 Å². The lowest BCUT2D eigenvalue weighted by atomic mass is 9.91. The van der Waals surface area contributed by atoms with Crippen LogP contribution in [0.15, 0.2) is 47.5 Å². The number of rotatable bonds is 5. The molecule has 0 aromatic heterocycles. The lowest BCUT2D eigenvalue weighted by molar-refractivity contribution is -0.385. The van der Waals surface area contributed by atoms with Gasteiger partial charge in [0.1, 0.15) is 11.2 Å². The predicted octanol–water partition coefficient (Wildman–Crippen LogP) is 5.25. The first-order valence-electron chi connectivity index (χ1n) is 11.1. The van der Waals surface area contributed by atoms with Crippen molar-refractivity contribution in [2.24, 2.45) is 4.99 Å². The second kappa shape index (κ2) is 10.5. The van der Waals surface area contributed by atoms with Gasteiger partial charge in [0.15, 0.2) is 0 Å². The van der Waals surface area contributed by atoms with Crippen molar-refractivity contribution in [2.45, 2.75) is 45.1 Å². The zero-order chi connectivity index (χ0) is 24.9. The number of methoxy groups -OCH3 is 1. The normalized spacial score (nSPS) is 16.4. The summed E-state index contributed by atoms with van der Waals surface area (Å²) in [6.07, 6.45) is 2.93. The second-order valence-corrected chi connectivity index (χ2v) is 9.11. The number of nitro benzene ring substituents is 1. The standard InChI is InChI=1S/C25H29N3O6/c1-25(2,3)34-24(30)27-14-6-8-19(16-27)17-10-12-20(13-11-17)26-15-18-7-5-9-21(23(29)33-4)22(18)28(31)32/h5,7,9-13,15,19H,6,8,14,16H2,1-4H3. The zero-order valence-electron chi connectivity index (χ0n) is 19.8. The smallest absolute Gasteiger partial charge is 0.410 e. The molecule has 3 rings (SSSR count). The molecule has 9 nitrogen and oxygen atoms in total. The Kier molecular flexibility index (Phi) is 7.65. The number of carbonyl (C=O) groups is 2. The third-order valence-electron chi connectivity index (χ3n) is 5.45. The zero-order valence-corrected chi connectivity index (χ0v) is 19.8. The molecule has 1 saturated heterocycles. The van der Waals surface area contributed by atoms with Crippen molar-refractivity contribution in [3.05, 3.63) is 69.3 Å². The molecule has 1 amide bonds. The molecular formula is C25H29N3O6. The summed E-state index contributed by atoms with van der Waals surface area (Å²) in [6, 6.07) is 12.0. The minimum atomic E-state index is -0.779. The quantitative estimate of drug-likeness (QED) is 0.257. The molecule has 0 radical (unpaired) electrons. The Hall–Kier alpha value is -3.75. The largest absolute Gasteiger partial charge is 0.465 e. The summed E-state index contributed by atoms with van der Waals surface area (Å²) in [5, 5.41) is 11.5. The number of piperidine rings is 1. The molecule has 2 aromatic rings. The van der Waals surface area contributed by atoms with Crippen LogP contribution in [0, 0.1) is 10.1 Å². The van der Waals surface area contributed by atoms with Gasteiger partial charge in [-0.15, -0.1) is 0 Å². The van der Waals surface area contributed by atoms with Crippen LogP contribution < -0.4 is 0 Å². The molecule has 0 bridgehead atoms. The van der Waals surface area contributed by atoms with Crippen molar-refractivity contribution < 1.29 is 24.0 Å². The highest BCUT2D eigenvalue weighted by Gasteiger charge is 2.28. The third-order valence-corrected chi connectivity index (χ3v) is 5.45. The Morgan fingerprint density at radius 1 is 1.18 bits per heavy atom. The molecule has 1 heterocycles. The number of benzene rings is 2. The number of esters is 1. The summed E-state index contributed by atoms with van der Waals surface area (Å²) in [5.41, 5.74) is 0.900. The van der Waals surface area contributed by atoms with Crippen molar-refractivity contribution in [3.8, 4) is 0 Å². The van der Waals surface area contributed by atoms with Crippen LogP contribution in [0.5, 0.6) is 0 Å². The Labute approximate surface area is 198 Å². The molecule has 1 unspecified atom stereocenters. The number of likely N-dealkylation sites (tertiary alicyclic amines) is 1. The number of ether oxygens (including phenoxy) is 2. The van der Waals surface area contributed by atoms with Gasteiger partial charge in [-0.25, -0.2) is 9.59 Å². The van der Waals surface area contributed by atoms with E-state index in [-0.39, 0.29) is 28.8 Å². The van der Waals surface area contributed by atoms with Gasteiger partial charge in [-0.05, 0) is 63.4 Å². The van der Waals surface area contributed by atoms with E-state index in [0.29, 0.717) is 18.8 Å². The predicted molar refractivity (Wildman–Crippen MR) is 128 cm³/mol. The summed E-state index contributed by atoms with van der Waals surface area (Å²) in [6.45, 7) is 6.82.